The summed E-state index contributed by atoms with van der Waals surface area (Å²) in [5, 5.41) is 3.46. The van der Waals surface area contributed by atoms with Gasteiger partial charge in [0.05, 0.1) is 26.7 Å². The molecular formula is C36H53N2O3+. The lowest BCUT2D eigenvalue weighted by atomic mass is 9.54. The smallest absolute Gasteiger partial charge is 0.220 e. The Morgan fingerprint density at radius 2 is 1.90 bits per heavy atom. The molecule has 1 aliphatic carbocycles. The van der Waals surface area contributed by atoms with Gasteiger partial charge in [0.25, 0.3) is 0 Å². The van der Waals surface area contributed by atoms with Gasteiger partial charge in [0.1, 0.15) is 17.9 Å². The van der Waals surface area contributed by atoms with Gasteiger partial charge in [-0.1, -0.05) is 69.3 Å². The number of unbranched alkanes of at least 4 members (excludes halogenated alkanes) is 2. The number of amides is 1. The van der Waals surface area contributed by atoms with Crippen LogP contribution in [0.2, 0.25) is 0 Å². The number of ether oxygens (including phenoxy) is 2. The molecule has 2 aliphatic rings. The average Bonchev–Trinajstić information content (AvgIpc) is 2.97. The summed E-state index contributed by atoms with van der Waals surface area (Å²) >= 11 is 0. The van der Waals surface area contributed by atoms with Gasteiger partial charge in [-0.25, -0.2) is 0 Å². The molecule has 5 nitrogen and oxygen atoms in total. The number of methoxy groups -OCH3 is 2. The second-order valence-corrected chi connectivity index (χ2v) is 13.1. The number of carbonyl (C=O) groups is 1. The Balaban J connectivity index is 1.49. The van der Waals surface area contributed by atoms with Crippen LogP contribution in [-0.4, -0.2) is 62.4 Å². The summed E-state index contributed by atoms with van der Waals surface area (Å²) < 4.78 is 13.4. The van der Waals surface area contributed by atoms with Crippen molar-refractivity contribution in [3.05, 3.63) is 78.4 Å². The molecule has 1 aliphatic heterocycles. The molecular weight excluding hydrogens is 508 g/mol. The molecule has 2 fully saturated rings. The summed E-state index contributed by atoms with van der Waals surface area (Å²) in [6, 6.07) is 19.4. The molecule has 1 N–H and O–H groups in total. The SMILES string of the molecule is C=CC[N@@+]1(CC(C)C)CC[C@]2(c3cccc(OC)c3)C[C@H](NC(=O)CCCCCc3ccccc3)CCC2(OC)C1. The quantitative estimate of drug-likeness (QED) is 0.156. The Labute approximate surface area is 248 Å². The standard InChI is InChI=1S/C36H52N2O3/c1-6-23-38(27-29(2)3)24-22-35(31-17-13-18-33(25-31)40-4)26-32(20-21-36(35,28-38)41-5)37-34(39)19-12-8-11-16-30-14-9-7-10-15-30/h6-7,9-10,13-15,17-18,25,29,32H,1,8,11-12,16,19-24,26-28H2,2-5H3/p+1/t32-,35-,36?,38+/m1/s1. The molecule has 0 aromatic heterocycles. The maximum atomic E-state index is 13.1. The highest BCUT2D eigenvalue weighted by Gasteiger charge is 2.63. The van der Waals surface area contributed by atoms with Gasteiger partial charge >= 0.3 is 0 Å². The predicted octanol–water partition coefficient (Wildman–Crippen LogP) is 6.85. The third-order valence-corrected chi connectivity index (χ3v) is 9.83. The van der Waals surface area contributed by atoms with E-state index in [1.54, 1.807) is 7.11 Å². The van der Waals surface area contributed by atoms with Crippen molar-refractivity contribution in [1.82, 2.24) is 5.32 Å². The lowest BCUT2D eigenvalue weighted by Gasteiger charge is -2.62. The Hall–Kier alpha value is -2.63. The Bertz CT molecular complexity index is 1130. The first kappa shape index (κ1) is 31.3. The summed E-state index contributed by atoms with van der Waals surface area (Å²) in [7, 11) is 3.65. The lowest BCUT2D eigenvalue weighted by Crippen LogP contribution is -2.73. The fourth-order valence-corrected chi connectivity index (χ4v) is 8.07. The molecule has 0 spiro atoms. The molecule has 0 bridgehead atoms. The van der Waals surface area contributed by atoms with Crippen molar-refractivity contribution in [2.45, 2.75) is 88.7 Å². The summed E-state index contributed by atoms with van der Waals surface area (Å²) in [4.78, 5) is 13.1. The van der Waals surface area contributed by atoms with E-state index in [-0.39, 0.29) is 23.0 Å². The van der Waals surface area contributed by atoms with Gasteiger partial charge in [0, 0.05) is 37.3 Å². The van der Waals surface area contributed by atoms with Crippen molar-refractivity contribution < 1.29 is 18.8 Å². The molecule has 1 saturated carbocycles. The van der Waals surface area contributed by atoms with Gasteiger partial charge in [-0.3, -0.25) is 4.79 Å². The number of nitrogens with one attached hydrogen (secondary N) is 1. The number of rotatable bonds is 14. The first-order chi connectivity index (χ1) is 19.8. The molecule has 2 aromatic rings. The first-order valence-electron chi connectivity index (χ1n) is 15.8. The predicted molar refractivity (Wildman–Crippen MR) is 168 cm³/mol. The van der Waals surface area contributed by atoms with Crippen LogP contribution < -0.4 is 10.1 Å². The minimum atomic E-state index is -0.311. The van der Waals surface area contributed by atoms with E-state index in [1.165, 1.54) is 11.1 Å². The number of fused-ring (bicyclic) bond motifs is 1. The molecule has 1 amide bonds. The van der Waals surface area contributed by atoms with Crippen molar-refractivity contribution in [2.24, 2.45) is 5.92 Å². The normalized spacial score (nSPS) is 27.7. The number of nitrogens with zero attached hydrogens (tertiary/aromatic N) is 1. The molecule has 0 radical (unpaired) electrons. The minimum absolute atomic E-state index is 0.144. The maximum absolute atomic E-state index is 13.1. The van der Waals surface area contributed by atoms with Gasteiger partial charge in [-0.05, 0) is 67.9 Å². The zero-order valence-electron chi connectivity index (χ0n) is 26.0. The molecule has 4 atom stereocenters. The third kappa shape index (κ3) is 7.24. The second kappa shape index (κ2) is 14.0. The number of hydrogen-bond donors (Lipinski definition) is 1. The third-order valence-electron chi connectivity index (χ3n) is 9.83. The lowest BCUT2D eigenvalue weighted by molar-refractivity contribution is -0.938. The number of hydrogen-bond acceptors (Lipinski definition) is 3. The van der Waals surface area contributed by atoms with Gasteiger partial charge in [-0.15, -0.1) is 0 Å². The number of piperidine rings is 1. The van der Waals surface area contributed by atoms with E-state index in [0.29, 0.717) is 12.3 Å². The van der Waals surface area contributed by atoms with Crippen LogP contribution in [0.1, 0.15) is 76.3 Å². The van der Waals surface area contributed by atoms with E-state index in [9.17, 15) is 4.79 Å². The van der Waals surface area contributed by atoms with Gasteiger partial charge in [0.2, 0.25) is 5.91 Å². The van der Waals surface area contributed by atoms with Gasteiger partial charge < -0.3 is 19.3 Å². The van der Waals surface area contributed by atoms with E-state index >= 15 is 0 Å². The highest BCUT2D eigenvalue weighted by molar-refractivity contribution is 5.76. The van der Waals surface area contributed by atoms with Crippen LogP contribution in [0.5, 0.6) is 5.75 Å². The minimum Gasteiger partial charge on any atom is -0.497 e. The van der Waals surface area contributed by atoms with Crippen LogP contribution in [0.15, 0.2) is 67.3 Å². The number of aryl methyl sites for hydroxylation is 1. The van der Waals surface area contributed by atoms with Crippen LogP contribution in [0.25, 0.3) is 0 Å². The van der Waals surface area contributed by atoms with Crippen molar-refractivity contribution in [3.8, 4) is 5.75 Å². The highest BCUT2D eigenvalue weighted by atomic mass is 16.5. The van der Waals surface area contributed by atoms with Crippen molar-refractivity contribution in [2.75, 3.05) is 40.4 Å². The van der Waals surface area contributed by atoms with E-state index in [2.05, 4.69) is 80.4 Å². The summed E-state index contributed by atoms with van der Waals surface area (Å²) in [6.45, 7) is 12.9. The molecule has 1 unspecified atom stereocenters. The Kier molecular flexibility index (Phi) is 10.7. The number of likely N-dealkylation sites (tertiary alicyclic amines) is 1. The molecule has 224 valence electrons. The first-order valence-corrected chi connectivity index (χ1v) is 15.8. The monoisotopic (exact) mass is 561 g/mol. The van der Waals surface area contributed by atoms with Gasteiger partial charge in [-0.2, -0.15) is 0 Å². The topological polar surface area (TPSA) is 47.6 Å². The Morgan fingerprint density at radius 1 is 1.10 bits per heavy atom. The highest BCUT2D eigenvalue weighted by Crippen LogP contribution is 2.55. The van der Waals surface area contributed by atoms with E-state index in [4.69, 9.17) is 9.47 Å². The van der Waals surface area contributed by atoms with Crippen molar-refractivity contribution in [1.29, 1.82) is 0 Å². The zero-order chi connectivity index (χ0) is 29.3. The molecule has 1 heterocycles. The van der Waals surface area contributed by atoms with Crippen LogP contribution in [0, 0.1) is 5.92 Å². The number of carbonyl (C=O) groups excluding carboxylic acids is 1. The fourth-order valence-electron chi connectivity index (χ4n) is 8.07. The van der Waals surface area contributed by atoms with Crippen LogP contribution in [0.3, 0.4) is 0 Å². The summed E-state index contributed by atoms with van der Waals surface area (Å²) in [5.74, 6) is 1.66. The zero-order valence-corrected chi connectivity index (χ0v) is 26.0. The van der Waals surface area contributed by atoms with Crippen molar-refractivity contribution in [3.63, 3.8) is 0 Å². The average molecular weight is 562 g/mol. The largest absolute Gasteiger partial charge is 0.497 e. The van der Waals surface area contributed by atoms with Crippen molar-refractivity contribution >= 4 is 5.91 Å². The molecule has 5 heteroatoms. The summed E-state index contributed by atoms with van der Waals surface area (Å²) in [5.41, 5.74) is 2.15. The maximum Gasteiger partial charge on any atom is 0.220 e. The van der Waals surface area contributed by atoms with E-state index in [0.717, 1.165) is 87.8 Å². The Morgan fingerprint density at radius 3 is 2.61 bits per heavy atom. The second-order valence-electron chi connectivity index (χ2n) is 13.1. The number of benzene rings is 2. The molecule has 2 aromatic carbocycles. The fraction of sp³-hybridized carbons (Fsp3) is 0.583. The van der Waals surface area contributed by atoms with Gasteiger partial charge in [0.15, 0.2) is 0 Å². The van der Waals surface area contributed by atoms with E-state index < -0.39 is 0 Å². The molecule has 1 saturated heterocycles. The molecule has 4 rings (SSSR count). The summed E-state index contributed by atoms with van der Waals surface area (Å²) in [6.07, 6.45) is 10.7. The van der Waals surface area contributed by atoms with Crippen LogP contribution in [0.4, 0.5) is 0 Å². The van der Waals surface area contributed by atoms with Crippen LogP contribution >= 0.6 is 0 Å². The molecule has 41 heavy (non-hydrogen) atoms. The number of quaternary nitrogens is 1. The van der Waals surface area contributed by atoms with Crippen LogP contribution in [-0.2, 0) is 21.4 Å². The van der Waals surface area contributed by atoms with E-state index in [1.807, 2.05) is 13.2 Å².